The van der Waals surface area contributed by atoms with E-state index in [1.54, 1.807) is 6.20 Å². The lowest BCUT2D eigenvalue weighted by atomic mass is 10.0. The Morgan fingerprint density at radius 1 is 1.32 bits per heavy atom. The largest absolute Gasteiger partial charge is 0.327 e. The molecule has 1 aromatic heterocycles. The Kier molecular flexibility index (Phi) is 3.81. The number of nitrogens with zero attached hydrogens (tertiary/aromatic N) is 1. The van der Waals surface area contributed by atoms with Crippen LogP contribution in [0.25, 0.3) is 10.9 Å². The Balaban J connectivity index is 2.36. The minimum absolute atomic E-state index is 0.0657. The number of benzene rings is 1. The van der Waals surface area contributed by atoms with Crippen LogP contribution in [0.2, 0.25) is 0 Å². The molecule has 2 atom stereocenters. The van der Waals surface area contributed by atoms with E-state index in [1.807, 2.05) is 45.0 Å². The van der Waals surface area contributed by atoms with Gasteiger partial charge in [0.1, 0.15) is 0 Å². The third kappa shape index (κ3) is 2.74. The Labute approximate surface area is 113 Å². The van der Waals surface area contributed by atoms with Gasteiger partial charge in [-0.3, -0.25) is 9.78 Å². The number of carbonyl (C=O) groups is 1. The summed E-state index contributed by atoms with van der Waals surface area (Å²) >= 11 is 0. The summed E-state index contributed by atoms with van der Waals surface area (Å²) in [6.07, 6.45) is 1.76. The van der Waals surface area contributed by atoms with Gasteiger partial charge in [0, 0.05) is 17.6 Å². The SMILES string of the molecule is Cc1ccc(NC(=O)C(C)C(C)N)c2cccnc12. The highest BCUT2D eigenvalue weighted by molar-refractivity contribution is 6.02. The molecule has 4 heteroatoms. The molecule has 1 heterocycles. The van der Waals surface area contributed by atoms with Crippen molar-refractivity contribution in [2.24, 2.45) is 11.7 Å². The average Bonchev–Trinajstić information content (AvgIpc) is 2.41. The van der Waals surface area contributed by atoms with Crippen LogP contribution < -0.4 is 11.1 Å². The maximum absolute atomic E-state index is 12.1. The number of aromatic nitrogens is 1. The van der Waals surface area contributed by atoms with Crippen molar-refractivity contribution in [2.45, 2.75) is 26.8 Å². The lowest BCUT2D eigenvalue weighted by Crippen LogP contribution is -2.34. The molecule has 0 aliphatic heterocycles. The molecule has 0 saturated carbocycles. The molecule has 1 amide bonds. The van der Waals surface area contributed by atoms with Crippen LogP contribution in [0.5, 0.6) is 0 Å². The van der Waals surface area contributed by atoms with Crippen LogP contribution in [0, 0.1) is 12.8 Å². The highest BCUT2D eigenvalue weighted by atomic mass is 16.1. The van der Waals surface area contributed by atoms with Crippen LogP contribution in [0.4, 0.5) is 5.69 Å². The summed E-state index contributed by atoms with van der Waals surface area (Å²) in [6.45, 7) is 5.67. The summed E-state index contributed by atoms with van der Waals surface area (Å²) in [4.78, 5) is 16.4. The number of hydrogen-bond donors (Lipinski definition) is 2. The molecule has 0 aliphatic rings. The summed E-state index contributed by atoms with van der Waals surface area (Å²) in [5.41, 5.74) is 8.54. The van der Waals surface area contributed by atoms with Crippen molar-refractivity contribution in [3.05, 3.63) is 36.0 Å². The van der Waals surface area contributed by atoms with Crippen molar-refractivity contribution in [3.63, 3.8) is 0 Å². The van der Waals surface area contributed by atoms with Crippen LogP contribution in [0.3, 0.4) is 0 Å². The molecule has 0 saturated heterocycles. The first-order chi connectivity index (χ1) is 9.00. The van der Waals surface area contributed by atoms with Gasteiger partial charge >= 0.3 is 0 Å². The molecule has 4 nitrogen and oxygen atoms in total. The van der Waals surface area contributed by atoms with Crippen molar-refractivity contribution < 1.29 is 4.79 Å². The van der Waals surface area contributed by atoms with Crippen LogP contribution in [0.1, 0.15) is 19.4 Å². The molecule has 2 aromatic rings. The number of fused-ring (bicyclic) bond motifs is 1. The Morgan fingerprint density at radius 3 is 2.74 bits per heavy atom. The van der Waals surface area contributed by atoms with E-state index in [1.165, 1.54) is 0 Å². The number of rotatable bonds is 3. The Hall–Kier alpha value is -1.94. The second-order valence-electron chi connectivity index (χ2n) is 4.97. The monoisotopic (exact) mass is 257 g/mol. The fraction of sp³-hybridized carbons (Fsp3) is 0.333. The van der Waals surface area contributed by atoms with Crippen molar-refractivity contribution >= 4 is 22.5 Å². The zero-order valence-corrected chi connectivity index (χ0v) is 11.5. The molecule has 2 rings (SSSR count). The summed E-state index contributed by atoms with van der Waals surface area (Å²) in [6, 6.07) is 7.52. The van der Waals surface area contributed by atoms with Gasteiger partial charge in [-0.15, -0.1) is 0 Å². The molecular weight excluding hydrogens is 238 g/mol. The number of nitrogens with two attached hydrogens (primary N) is 1. The van der Waals surface area contributed by atoms with Crippen molar-refractivity contribution in [1.29, 1.82) is 0 Å². The first-order valence-electron chi connectivity index (χ1n) is 6.41. The lowest BCUT2D eigenvalue weighted by Gasteiger charge is -2.16. The predicted octanol–water partition coefficient (Wildman–Crippen LogP) is 2.47. The number of hydrogen-bond acceptors (Lipinski definition) is 3. The van der Waals surface area contributed by atoms with E-state index in [-0.39, 0.29) is 17.9 Å². The van der Waals surface area contributed by atoms with E-state index >= 15 is 0 Å². The number of amides is 1. The molecule has 0 fully saturated rings. The molecular formula is C15H19N3O. The molecule has 0 spiro atoms. The topological polar surface area (TPSA) is 68.0 Å². The summed E-state index contributed by atoms with van der Waals surface area (Å²) < 4.78 is 0. The van der Waals surface area contributed by atoms with Gasteiger partial charge in [-0.2, -0.15) is 0 Å². The molecule has 3 N–H and O–H groups in total. The van der Waals surface area contributed by atoms with Crippen molar-refractivity contribution in [3.8, 4) is 0 Å². The van der Waals surface area contributed by atoms with E-state index in [9.17, 15) is 4.79 Å². The zero-order valence-electron chi connectivity index (χ0n) is 11.5. The normalized spacial score (nSPS) is 14.1. The predicted molar refractivity (Wildman–Crippen MR) is 77.9 cm³/mol. The minimum Gasteiger partial charge on any atom is -0.327 e. The third-order valence-electron chi connectivity index (χ3n) is 3.43. The van der Waals surface area contributed by atoms with E-state index in [0.717, 1.165) is 22.2 Å². The molecule has 0 aliphatic carbocycles. The third-order valence-corrected chi connectivity index (χ3v) is 3.43. The van der Waals surface area contributed by atoms with Crippen LogP contribution >= 0.6 is 0 Å². The van der Waals surface area contributed by atoms with E-state index in [0.29, 0.717) is 0 Å². The van der Waals surface area contributed by atoms with Gasteiger partial charge in [-0.25, -0.2) is 0 Å². The second kappa shape index (κ2) is 5.36. The van der Waals surface area contributed by atoms with E-state index in [2.05, 4.69) is 10.3 Å². The minimum atomic E-state index is -0.229. The van der Waals surface area contributed by atoms with E-state index in [4.69, 9.17) is 5.73 Å². The summed E-state index contributed by atoms with van der Waals surface area (Å²) in [5.74, 6) is -0.294. The van der Waals surface area contributed by atoms with Gasteiger partial charge in [0.15, 0.2) is 0 Å². The summed E-state index contributed by atoms with van der Waals surface area (Å²) in [7, 11) is 0. The van der Waals surface area contributed by atoms with E-state index < -0.39 is 0 Å². The number of aryl methyl sites for hydroxylation is 1. The van der Waals surface area contributed by atoms with Crippen LogP contribution in [-0.2, 0) is 4.79 Å². The van der Waals surface area contributed by atoms with Crippen molar-refractivity contribution in [2.75, 3.05) is 5.32 Å². The second-order valence-corrected chi connectivity index (χ2v) is 4.97. The molecule has 1 aromatic carbocycles. The van der Waals surface area contributed by atoms with Gasteiger partial charge in [0.05, 0.1) is 17.1 Å². The lowest BCUT2D eigenvalue weighted by molar-refractivity contribution is -0.119. The van der Waals surface area contributed by atoms with Gasteiger partial charge < -0.3 is 11.1 Å². The number of pyridine rings is 1. The Morgan fingerprint density at radius 2 is 2.05 bits per heavy atom. The first kappa shape index (κ1) is 13.5. The standard InChI is InChI=1S/C15H19N3O/c1-9-6-7-13(12-5-4-8-17-14(9)12)18-15(19)10(2)11(3)16/h4-8,10-11H,16H2,1-3H3,(H,18,19). The average molecular weight is 257 g/mol. The van der Waals surface area contributed by atoms with Gasteiger partial charge in [-0.05, 0) is 37.6 Å². The van der Waals surface area contributed by atoms with Gasteiger partial charge in [0.25, 0.3) is 0 Å². The maximum atomic E-state index is 12.1. The number of carbonyl (C=O) groups excluding carboxylic acids is 1. The smallest absolute Gasteiger partial charge is 0.228 e. The summed E-state index contributed by atoms with van der Waals surface area (Å²) in [5, 5.41) is 3.89. The Bertz CT molecular complexity index is 607. The highest BCUT2D eigenvalue weighted by Crippen LogP contribution is 2.25. The maximum Gasteiger partial charge on any atom is 0.228 e. The fourth-order valence-corrected chi connectivity index (χ4v) is 1.91. The fourth-order valence-electron chi connectivity index (χ4n) is 1.91. The van der Waals surface area contributed by atoms with Gasteiger partial charge in [0.2, 0.25) is 5.91 Å². The van der Waals surface area contributed by atoms with Crippen LogP contribution in [-0.4, -0.2) is 16.9 Å². The zero-order chi connectivity index (χ0) is 14.0. The number of nitrogens with one attached hydrogen (secondary N) is 1. The quantitative estimate of drug-likeness (QED) is 0.887. The molecule has 0 radical (unpaired) electrons. The first-order valence-corrected chi connectivity index (χ1v) is 6.41. The van der Waals surface area contributed by atoms with Crippen LogP contribution in [0.15, 0.2) is 30.5 Å². The number of anilines is 1. The van der Waals surface area contributed by atoms with Crippen molar-refractivity contribution in [1.82, 2.24) is 4.98 Å². The molecule has 0 bridgehead atoms. The molecule has 19 heavy (non-hydrogen) atoms. The highest BCUT2D eigenvalue weighted by Gasteiger charge is 2.18. The molecule has 2 unspecified atom stereocenters. The molecule has 100 valence electrons. The van der Waals surface area contributed by atoms with Gasteiger partial charge in [-0.1, -0.05) is 13.0 Å².